The summed E-state index contributed by atoms with van der Waals surface area (Å²) in [5.41, 5.74) is 1.54. The Kier molecular flexibility index (Phi) is 5.74. The number of methoxy groups -OCH3 is 1. The van der Waals surface area contributed by atoms with E-state index >= 15 is 0 Å². The molecule has 0 saturated carbocycles. The Morgan fingerprint density at radius 1 is 1.22 bits per heavy atom. The largest absolute Gasteiger partial charge is 0.495 e. The molecule has 0 bridgehead atoms. The Morgan fingerprint density at radius 2 is 2.00 bits per heavy atom. The number of sulfonamides is 1. The van der Waals surface area contributed by atoms with Crippen molar-refractivity contribution in [2.75, 3.05) is 20.3 Å². The van der Waals surface area contributed by atoms with Gasteiger partial charge in [0.1, 0.15) is 10.6 Å². The summed E-state index contributed by atoms with van der Waals surface area (Å²) in [5.74, 6) is 0.484. The van der Waals surface area contributed by atoms with Crippen LogP contribution in [0, 0.1) is 0 Å². The second-order valence-corrected chi connectivity index (χ2v) is 7.22. The number of rotatable bonds is 8. The van der Waals surface area contributed by atoms with Gasteiger partial charge in [0, 0.05) is 24.5 Å². The number of benzene rings is 1. The van der Waals surface area contributed by atoms with Gasteiger partial charge < -0.3 is 9.84 Å². The zero-order valence-corrected chi connectivity index (χ0v) is 15.3. The first-order valence-corrected chi connectivity index (χ1v) is 9.47. The van der Waals surface area contributed by atoms with Crippen molar-refractivity contribution in [2.24, 2.45) is 0 Å². The van der Waals surface area contributed by atoms with Crippen molar-refractivity contribution in [3.8, 4) is 17.1 Å². The number of nitrogens with one attached hydrogen (secondary N) is 1. The van der Waals surface area contributed by atoms with Gasteiger partial charge in [-0.3, -0.25) is 4.98 Å². The van der Waals surface area contributed by atoms with Gasteiger partial charge in [-0.05, 0) is 41.1 Å². The SMILES string of the molecule is COc1cc(-c2nnn(Cc3ccncc3)n2)ccc1S(=O)(=O)NCCO. The molecule has 0 saturated heterocycles. The monoisotopic (exact) mass is 390 g/mol. The molecule has 1 aromatic carbocycles. The predicted octanol–water partition coefficient (Wildman–Crippen LogP) is 0.0626. The summed E-state index contributed by atoms with van der Waals surface area (Å²) in [6.07, 6.45) is 3.37. The van der Waals surface area contributed by atoms with Gasteiger partial charge in [-0.15, -0.1) is 10.2 Å². The van der Waals surface area contributed by atoms with E-state index in [0.717, 1.165) is 5.56 Å². The number of hydrogen-bond acceptors (Lipinski definition) is 8. The summed E-state index contributed by atoms with van der Waals surface area (Å²) < 4.78 is 32.0. The lowest BCUT2D eigenvalue weighted by Gasteiger charge is -2.10. The van der Waals surface area contributed by atoms with Gasteiger partial charge >= 0.3 is 0 Å². The summed E-state index contributed by atoms with van der Waals surface area (Å²) in [4.78, 5) is 5.36. The molecule has 0 aliphatic carbocycles. The maximum absolute atomic E-state index is 12.3. The summed E-state index contributed by atoms with van der Waals surface area (Å²) in [6, 6.07) is 8.21. The fourth-order valence-corrected chi connectivity index (χ4v) is 3.53. The fraction of sp³-hybridized carbons (Fsp3) is 0.250. The molecule has 2 heterocycles. The highest BCUT2D eigenvalue weighted by atomic mass is 32.2. The molecule has 11 heteroatoms. The van der Waals surface area contributed by atoms with Crippen molar-refractivity contribution >= 4 is 10.0 Å². The third-order valence-corrected chi connectivity index (χ3v) is 5.14. The van der Waals surface area contributed by atoms with Gasteiger partial charge in [-0.2, -0.15) is 4.80 Å². The first kappa shape index (κ1) is 18.9. The van der Waals surface area contributed by atoms with Crippen molar-refractivity contribution in [1.82, 2.24) is 29.9 Å². The summed E-state index contributed by atoms with van der Waals surface area (Å²) in [6.45, 7) is 0.0481. The van der Waals surface area contributed by atoms with E-state index in [0.29, 0.717) is 17.9 Å². The molecule has 0 unspecified atom stereocenters. The maximum atomic E-state index is 12.3. The smallest absolute Gasteiger partial charge is 0.244 e. The predicted molar refractivity (Wildman–Crippen MR) is 95.4 cm³/mol. The Balaban J connectivity index is 1.86. The van der Waals surface area contributed by atoms with E-state index in [1.54, 1.807) is 18.5 Å². The molecule has 0 aliphatic heterocycles. The lowest BCUT2D eigenvalue weighted by molar-refractivity contribution is 0.301. The highest BCUT2D eigenvalue weighted by molar-refractivity contribution is 7.89. The van der Waals surface area contributed by atoms with Crippen molar-refractivity contribution in [1.29, 1.82) is 0 Å². The molecule has 142 valence electrons. The normalized spacial score (nSPS) is 11.5. The van der Waals surface area contributed by atoms with Gasteiger partial charge in [0.15, 0.2) is 0 Å². The number of pyridine rings is 1. The van der Waals surface area contributed by atoms with Crippen molar-refractivity contribution < 1.29 is 18.3 Å². The molecule has 10 nitrogen and oxygen atoms in total. The van der Waals surface area contributed by atoms with Crippen LogP contribution in [0.5, 0.6) is 5.75 Å². The number of ether oxygens (including phenoxy) is 1. The van der Waals surface area contributed by atoms with Gasteiger partial charge in [-0.1, -0.05) is 0 Å². The lowest BCUT2D eigenvalue weighted by atomic mass is 10.2. The molecule has 0 fully saturated rings. The van der Waals surface area contributed by atoms with Gasteiger partial charge in [0.2, 0.25) is 15.8 Å². The Hall–Kier alpha value is -2.89. The number of hydrogen-bond donors (Lipinski definition) is 2. The molecule has 0 spiro atoms. The van der Waals surface area contributed by atoms with E-state index in [9.17, 15) is 8.42 Å². The van der Waals surface area contributed by atoms with Crippen LogP contribution in [0.2, 0.25) is 0 Å². The number of aromatic nitrogens is 5. The minimum Gasteiger partial charge on any atom is -0.495 e. The minimum atomic E-state index is -3.80. The highest BCUT2D eigenvalue weighted by Crippen LogP contribution is 2.28. The maximum Gasteiger partial charge on any atom is 0.244 e. The average molecular weight is 390 g/mol. The van der Waals surface area contributed by atoms with Crippen LogP contribution in [0.15, 0.2) is 47.6 Å². The standard InChI is InChI=1S/C16H18N6O4S/c1-26-14-10-13(2-3-15(14)27(24,25)18-8-9-23)16-19-21-22(20-16)11-12-4-6-17-7-5-12/h2-7,10,18,23H,8-9,11H2,1H3. The number of tetrazole rings is 1. The fourth-order valence-electron chi connectivity index (χ4n) is 2.36. The van der Waals surface area contributed by atoms with Crippen molar-refractivity contribution in [3.05, 3.63) is 48.3 Å². The third kappa shape index (κ3) is 4.45. The van der Waals surface area contributed by atoms with E-state index in [1.165, 1.54) is 24.0 Å². The van der Waals surface area contributed by atoms with Crippen LogP contribution in [-0.4, -0.2) is 59.0 Å². The molecular formula is C16H18N6O4S. The topological polar surface area (TPSA) is 132 Å². The van der Waals surface area contributed by atoms with Crippen LogP contribution in [0.3, 0.4) is 0 Å². The zero-order chi connectivity index (χ0) is 19.3. The lowest BCUT2D eigenvalue weighted by Crippen LogP contribution is -2.27. The van der Waals surface area contributed by atoms with Crippen LogP contribution in [0.4, 0.5) is 0 Å². The van der Waals surface area contributed by atoms with Crippen LogP contribution in [-0.2, 0) is 16.6 Å². The Bertz CT molecular complexity index is 1010. The molecular weight excluding hydrogens is 372 g/mol. The van der Waals surface area contributed by atoms with Crippen LogP contribution >= 0.6 is 0 Å². The summed E-state index contributed by atoms with van der Waals surface area (Å²) in [5, 5.41) is 21.2. The van der Waals surface area contributed by atoms with Crippen LogP contribution in [0.1, 0.15) is 5.56 Å². The number of nitrogens with zero attached hydrogens (tertiary/aromatic N) is 5. The number of aliphatic hydroxyl groups excluding tert-OH is 1. The molecule has 27 heavy (non-hydrogen) atoms. The Morgan fingerprint density at radius 3 is 2.70 bits per heavy atom. The zero-order valence-electron chi connectivity index (χ0n) is 14.5. The third-order valence-electron chi connectivity index (χ3n) is 3.64. The quantitative estimate of drug-likeness (QED) is 0.552. The summed E-state index contributed by atoms with van der Waals surface area (Å²) in [7, 11) is -2.43. The molecule has 0 aliphatic rings. The van der Waals surface area contributed by atoms with Gasteiger partial charge in [0.25, 0.3) is 0 Å². The van der Waals surface area contributed by atoms with Crippen molar-refractivity contribution in [3.63, 3.8) is 0 Å². The van der Waals surface area contributed by atoms with Gasteiger partial charge in [-0.25, -0.2) is 13.1 Å². The second-order valence-electron chi connectivity index (χ2n) is 5.49. The minimum absolute atomic E-state index is 0.0358. The van der Waals surface area contributed by atoms with E-state index in [1.807, 2.05) is 12.1 Å². The molecule has 3 rings (SSSR count). The van der Waals surface area contributed by atoms with Gasteiger partial charge in [0.05, 0.1) is 20.3 Å². The first-order chi connectivity index (χ1) is 13.0. The molecule has 0 atom stereocenters. The average Bonchev–Trinajstić information content (AvgIpc) is 3.15. The van der Waals surface area contributed by atoms with E-state index in [2.05, 4.69) is 25.1 Å². The first-order valence-electron chi connectivity index (χ1n) is 7.99. The van der Waals surface area contributed by atoms with E-state index in [4.69, 9.17) is 9.84 Å². The van der Waals surface area contributed by atoms with Crippen LogP contribution < -0.4 is 9.46 Å². The van der Waals surface area contributed by atoms with E-state index < -0.39 is 10.0 Å². The molecule has 0 radical (unpaired) electrons. The molecule has 0 amide bonds. The van der Waals surface area contributed by atoms with Crippen LogP contribution in [0.25, 0.3) is 11.4 Å². The molecule has 3 aromatic rings. The highest BCUT2D eigenvalue weighted by Gasteiger charge is 2.20. The summed E-state index contributed by atoms with van der Waals surface area (Å²) >= 11 is 0. The molecule has 2 aromatic heterocycles. The number of aliphatic hydroxyl groups is 1. The van der Waals surface area contributed by atoms with E-state index in [-0.39, 0.29) is 23.8 Å². The Labute approximate surface area is 155 Å². The molecule has 2 N–H and O–H groups in total. The second kappa shape index (κ2) is 8.20. The van der Waals surface area contributed by atoms with Crippen molar-refractivity contribution in [2.45, 2.75) is 11.4 Å².